The molecule has 108 valence electrons. The molecule has 5 heteroatoms. The molecule has 0 aliphatic carbocycles. The lowest BCUT2D eigenvalue weighted by Crippen LogP contribution is -2.31. The first kappa shape index (κ1) is 15.6. The Morgan fingerprint density at radius 2 is 1.53 bits per heavy atom. The molecule has 19 heavy (non-hydrogen) atoms. The SMILES string of the molecule is COc1cc(CC(N)CC(C)N)cc(OC)c1OC. The number of nitrogens with two attached hydrogens (primary N) is 2. The van der Waals surface area contributed by atoms with Crippen molar-refractivity contribution in [3.05, 3.63) is 17.7 Å². The Bertz CT molecular complexity index is 383. The third-order valence-electron chi connectivity index (χ3n) is 2.90. The molecule has 4 N–H and O–H groups in total. The molecule has 1 aromatic carbocycles. The number of methoxy groups -OCH3 is 3. The molecule has 1 aromatic rings. The van der Waals surface area contributed by atoms with E-state index in [1.807, 2.05) is 19.1 Å². The topological polar surface area (TPSA) is 79.7 Å². The first-order valence-corrected chi connectivity index (χ1v) is 6.31. The van der Waals surface area contributed by atoms with Crippen molar-refractivity contribution < 1.29 is 14.2 Å². The third-order valence-corrected chi connectivity index (χ3v) is 2.90. The zero-order valence-corrected chi connectivity index (χ0v) is 12.1. The average Bonchev–Trinajstić information content (AvgIpc) is 2.36. The van der Waals surface area contributed by atoms with Gasteiger partial charge in [-0.05, 0) is 37.5 Å². The van der Waals surface area contributed by atoms with Gasteiger partial charge in [0, 0.05) is 12.1 Å². The largest absolute Gasteiger partial charge is 0.493 e. The second-order valence-corrected chi connectivity index (χ2v) is 4.71. The van der Waals surface area contributed by atoms with Crippen LogP contribution in [0.5, 0.6) is 17.2 Å². The summed E-state index contributed by atoms with van der Waals surface area (Å²) in [5.41, 5.74) is 12.9. The summed E-state index contributed by atoms with van der Waals surface area (Å²) in [6.45, 7) is 1.95. The van der Waals surface area contributed by atoms with Gasteiger partial charge in [-0.3, -0.25) is 0 Å². The third kappa shape index (κ3) is 4.29. The van der Waals surface area contributed by atoms with Crippen LogP contribution in [0.15, 0.2) is 12.1 Å². The van der Waals surface area contributed by atoms with Crippen LogP contribution in [0.25, 0.3) is 0 Å². The van der Waals surface area contributed by atoms with Gasteiger partial charge in [0.15, 0.2) is 11.5 Å². The molecule has 0 aliphatic rings. The molecule has 0 radical (unpaired) electrons. The Labute approximate surface area is 114 Å². The first-order chi connectivity index (χ1) is 9.01. The van der Waals surface area contributed by atoms with E-state index in [1.165, 1.54) is 0 Å². The van der Waals surface area contributed by atoms with Crippen molar-refractivity contribution in [3.63, 3.8) is 0 Å². The van der Waals surface area contributed by atoms with E-state index in [0.717, 1.165) is 18.4 Å². The lowest BCUT2D eigenvalue weighted by molar-refractivity contribution is 0.323. The molecular formula is C14H24N2O3. The van der Waals surface area contributed by atoms with Gasteiger partial charge in [0.05, 0.1) is 21.3 Å². The Kier molecular flexibility index (Phi) is 5.92. The highest BCUT2D eigenvalue weighted by Gasteiger charge is 2.15. The number of hydrogen-bond acceptors (Lipinski definition) is 5. The Morgan fingerprint density at radius 1 is 1.00 bits per heavy atom. The second kappa shape index (κ2) is 7.21. The van der Waals surface area contributed by atoms with Gasteiger partial charge in [-0.2, -0.15) is 0 Å². The van der Waals surface area contributed by atoms with E-state index >= 15 is 0 Å². The van der Waals surface area contributed by atoms with E-state index in [1.54, 1.807) is 21.3 Å². The highest BCUT2D eigenvalue weighted by atomic mass is 16.5. The normalized spacial score (nSPS) is 13.8. The van der Waals surface area contributed by atoms with E-state index in [0.29, 0.717) is 17.2 Å². The molecule has 0 aliphatic heterocycles. The van der Waals surface area contributed by atoms with E-state index in [4.69, 9.17) is 25.7 Å². The van der Waals surface area contributed by atoms with Crippen molar-refractivity contribution in [2.24, 2.45) is 11.5 Å². The van der Waals surface area contributed by atoms with E-state index < -0.39 is 0 Å². The summed E-state index contributed by atoms with van der Waals surface area (Å²) in [4.78, 5) is 0. The van der Waals surface area contributed by atoms with Gasteiger partial charge in [-0.1, -0.05) is 0 Å². The minimum Gasteiger partial charge on any atom is -0.493 e. The first-order valence-electron chi connectivity index (χ1n) is 6.31. The van der Waals surface area contributed by atoms with Crippen LogP contribution in [0.2, 0.25) is 0 Å². The predicted octanol–water partition coefficient (Wildman–Crippen LogP) is 1.32. The number of benzene rings is 1. The van der Waals surface area contributed by atoms with E-state index in [9.17, 15) is 0 Å². The average molecular weight is 268 g/mol. The van der Waals surface area contributed by atoms with Crippen LogP contribution in [-0.2, 0) is 6.42 Å². The molecule has 0 bridgehead atoms. The number of rotatable bonds is 7. The molecule has 0 heterocycles. The smallest absolute Gasteiger partial charge is 0.203 e. The van der Waals surface area contributed by atoms with Crippen LogP contribution in [-0.4, -0.2) is 33.4 Å². The fourth-order valence-corrected chi connectivity index (χ4v) is 2.12. The van der Waals surface area contributed by atoms with Crippen molar-refractivity contribution in [2.45, 2.75) is 31.8 Å². The van der Waals surface area contributed by atoms with Crippen LogP contribution < -0.4 is 25.7 Å². The summed E-state index contributed by atoms with van der Waals surface area (Å²) in [6, 6.07) is 3.95. The van der Waals surface area contributed by atoms with Crippen LogP contribution in [0, 0.1) is 0 Å². The number of hydrogen-bond donors (Lipinski definition) is 2. The Hall–Kier alpha value is -1.46. The molecule has 0 saturated heterocycles. The summed E-state index contributed by atoms with van der Waals surface area (Å²) in [5, 5.41) is 0. The lowest BCUT2D eigenvalue weighted by Gasteiger charge is -2.17. The highest BCUT2D eigenvalue weighted by molar-refractivity contribution is 5.53. The van der Waals surface area contributed by atoms with Crippen molar-refractivity contribution in [1.82, 2.24) is 0 Å². The summed E-state index contributed by atoms with van der Waals surface area (Å²) in [7, 11) is 4.79. The molecule has 0 saturated carbocycles. The zero-order valence-electron chi connectivity index (χ0n) is 12.1. The van der Waals surface area contributed by atoms with Crippen molar-refractivity contribution in [3.8, 4) is 17.2 Å². The molecule has 0 amide bonds. The van der Waals surface area contributed by atoms with Gasteiger partial charge in [-0.15, -0.1) is 0 Å². The summed E-state index contributed by atoms with van der Waals surface area (Å²) < 4.78 is 15.9. The van der Waals surface area contributed by atoms with E-state index in [2.05, 4.69) is 0 Å². The highest BCUT2D eigenvalue weighted by Crippen LogP contribution is 2.38. The van der Waals surface area contributed by atoms with Crippen molar-refractivity contribution in [2.75, 3.05) is 21.3 Å². The number of ether oxygens (including phenoxy) is 3. The maximum absolute atomic E-state index is 6.07. The fraction of sp³-hybridized carbons (Fsp3) is 0.571. The molecule has 1 rings (SSSR count). The standard InChI is InChI=1S/C14H24N2O3/c1-9(15)5-11(16)6-10-7-12(17-2)14(19-4)13(8-10)18-3/h7-9,11H,5-6,15-16H2,1-4H3. The van der Waals surface area contributed by atoms with Crippen LogP contribution in [0.1, 0.15) is 18.9 Å². The van der Waals surface area contributed by atoms with E-state index in [-0.39, 0.29) is 12.1 Å². The maximum atomic E-state index is 6.07. The monoisotopic (exact) mass is 268 g/mol. The quantitative estimate of drug-likeness (QED) is 0.779. The molecular weight excluding hydrogens is 244 g/mol. The minimum atomic E-state index is 0.0165. The van der Waals surface area contributed by atoms with Crippen LogP contribution in [0.4, 0.5) is 0 Å². The van der Waals surface area contributed by atoms with Gasteiger partial charge in [0.25, 0.3) is 0 Å². The van der Waals surface area contributed by atoms with Crippen molar-refractivity contribution >= 4 is 0 Å². The van der Waals surface area contributed by atoms with Gasteiger partial charge in [0.1, 0.15) is 0 Å². The maximum Gasteiger partial charge on any atom is 0.203 e. The summed E-state index contributed by atoms with van der Waals surface area (Å²) in [6.07, 6.45) is 1.49. The summed E-state index contributed by atoms with van der Waals surface area (Å²) >= 11 is 0. The summed E-state index contributed by atoms with van der Waals surface area (Å²) in [5.74, 6) is 1.88. The predicted molar refractivity (Wildman–Crippen MR) is 76.0 cm³/mol. The molecule has 2 atom stereocenters. The molecule has 5 nitrogen and oxygen atoms in total. The fourth-order valence-electron chi connectivity index (χ4n) is 2.12. The molecule has 0 aromatic heterocycles. The van der Waals surface area contributed by atoms with Crippen LogP contribution in [0.3, 0.4) is 0 Å². The molecule has 2 unspecified atom stereocenters. The second-order valence-electron chi connectivity index (χ2n) is 4.71. The minimum absolute atomic E-state index is 0.0165. The van der Waals surface area contributed by atoms with Crippen molar-refractivity contribution in [1.29, 1.82) is 0 Å². The Balaban J connectivity index is 2.96. The lowest BCUT2D eigenvalue weighted by atomic mass is 10.0. The van der Waals surface area contributed by atoms with Gasteiger partial charge in [-0.25, -0.2) is 0 Å². The van der Waals surface area contributed by atoms with Crippen LogP contribution >= 0.6 is 0 Å². The molecule has 0 spiro atoms. The van der Waals surface area contributed by atoms with Gasteiger partial charge in [0.2, 0.25) is 5.75 Å². The van der Waals surface area contributed by atoms with Gasteiger partial charge >= 0.3 is 0 Å². The Morgan fingerprint density at radius 3 is 1.89 bits per heavy atom. The zero-order chi connectivity index (χ0) is 14.4. The molecule has 0 fully saturated rings. The van der Waals surface area contributed by atoms with Gasteiger partial charge < -0.3 is 25.7 Å².